The summed E-state index contributed by atoms with van der Waals surface area (Å²) in [6.07, 6.45) is 0. The molecule has 0 radical (unpaired) electrons. The molecule has 0 aliphatic carbocycles. The second-order valence-corrected chi connectivity index (χ2v) is 5.22. The van der Waals surface area contributed by atoms with E-state index in [9.17, 15) is 10.1 Å². The van der Waals surface area contributed by atoms with E-state index in [2.05, 4.69) is 11.4 Å². The number of hydrogen-bond donors (Lipinski definition) is 1. The van der Waals surface area contributed by atoms with Gasteiger partial charge in [-0.3, -0.25) is 4.79 Å². The zero-order valence-electron chi connectivity index (χ0n) is 15.0. The van der Waals surface area contributed by atoms with E-state index in [1.807, 2.05) is 0 Å². The summed E-state index contributed by atoms with van der Waals surface area (Å²) in [6, 6.07) is 11.0. The highest BCUT2D eigenvalue weighted by Crippen LogP contribution is 2.39. The lowest BCUT2D eigenvalue weighted by Gasteiger charge is -2.17. The fraction of sp³-hybridized carbons (Fsp3) is 0.263. The number of nitriles is 1. The smallest absolute Gasteiger partial charge is 0.252 e. The SMILES string of the molecule is COc1ccc(C(=O)NC(C#N)c2cc(OC)c(OC)c(OC)c2)cc1. The molecule has 0 fully saturated rings. The van der Waals surface area contributed by atoms with Crippen LogP contribution in [0.2, 0.25) is 0 Å². The Balaban J connectivity index is 2.30. The number of nitrogens with one attached hydrogen (secondary N) is 1. The van der Waals surface area contributed by atoms with Crippen molar-refractivity contribution in [3.8, 4) is 29.1 Å². The molecule has 1 amide bonds. The van der Waals surface area contributed by atoms with Gasteiger partial charge in [-0.25, -0.2) is 0 Å². The largest absolute Gasteiger partial charge is 0.497 e. The number of ether oxygens (including phenoxy) is 4. The molecule has 0 bridgehead atoms. The Morgan fingerprint density at radius 1 is 0.962 bits per heavy atom. The van der Waals surface area contributed by atoms with Crippen LogP contribution in [0.5, 0.6) is 23.0 Å². The van der Waals surface area contributed by atoms with Crippen LogP contribution in [-0.4, -0.2) is 34.3 Å². The van der Waals surface area contributed by atoms with Crippen LogP contribution in [-0.2, 0) is 0 Å². The summed E-state index contributed by atoms with van der Waals surface area (Å²) in [5.41, 5.74) is 0.933. The van der Waals surface area contributed by atoms with E-state index >= 15 is 0 Å². The van der Waals surface area contributed by atoms with Crippen LogP contribution >= 0.6 is 0 Å². The van der Waals surface area contributed by atoms with Gasteiger partial charge in [-0.1, -0.05) is 0 Å². The molecule has 2 rings (SSSR count). The standard InChI is InChI=1S/C19H20N2O5/c1-23-14-7-5-12(6-8-14)19(22)21-15(11-20)13-9-16(24-2)18(26-4)17(10-13)25-3/h5-10,15H,1-4H3,(H,21,22). The van der Waals surface area contributed by atoms with Gasteiger partial charge >= 0.3 is 0 Å². The second kappa shape index (κ2) is 8.62. The number of carbonyl (C=O) groups excluding carboxylic acids is 1. The number of nitrogens with zero attached hydrogens (tertiary/aromatic N) is 1. The van der Waals surface area contributed by atoms with Crippen LogP contribution in [0.4, 0.5) is 0 Å². The van der Waals surface area contributed by atoms with Crippen molar-refractivity contribution in [1.82, 2.24) is 5.32 Å². The maximum atomic E-state index is 12.4. The van der Waals surface area contributed by atoms with Gasteiger partial charge in [0, 0.05) is 5.56 Å². The molecule has 0 heterocycles. The van der Waals surface area contributed by atoms with Gasteiger partial charge in [0.1, 0.15) is 11.8 Å². The maximum Gasteiger partial charge on any atom is 0.252 e. The zero-order chi connectivity index (χ0) is 19.1. The molecule has 0 aliphatic heterocycles. The Labute approximate surface area is 152 Å². The molecule has 2 aromatic carbocycles. The van der Waals surface area contributed by atoms with E-state index in [1.54, 1.807) is 43.5 Å². The normalized spacial score (nSPS) is 11.0. The van der Waals surface area contributed by atoms with Crippen molar-refractivity contribution in [3.63, 3.8) is 0 Å². The minimum atomic E-state index is -0.890. The van der Waals surface area contributed by atoms with Gasteiger partial charge in [-0.05, 0) is 42.0 Å². The molecule has 0 saturated carbocycles. The van der Waals surface area contributed by atoms with Gasteiger partial charge < -0.3 is 24.3 Å². The summed E-state index contributed by atoms with van der Waals surface area (Å²) in [5, 5.41) is 12.2. The molecule has 2 aromatic rings. The quantitative estimate of drug-likeness (QED) is 0.820. The van der Waals surface area contributed by atoms with Crippen molar-refractivity contribution >= 4 is 5.91 Å². The monoisotopic (exact) mass is 356 g/mol. The molecule has 26 heavy (non-hydrogen) atoms. The first-order chi connectivity index (χ1) is 12.6. The lowest BCUT2D eigenvalue weighted by Crippen LogP contribution is -2.27. The Hall–Kier alpha value is -3.40. The van der Waals surface area contributed by atoms with Crippen LogP contribution < -0.4 is 24.3 Å². The molecule has 1 atom stereocenters. The van der Waals surface area contributed by atoms with Gasteiger partial charge in [0.15, 0.2) is 11.5 Å². The van der Waals surface area contributed by atoms with Crippen molar-refractivity contribution in [2.45, 2.75) is 6.04 Å². The van der Waals surface area contributed by atoms with E-state index in [0.29, 0.717) is 34.1 Å². The minimum Gasteiger partial charge on any atom is -0.497 e. The van der Waals surface area contributed by atoms with Gasteiger partial charge in [-0.2, -0.15) is 5.26 Å². The number of carbonyl (C=O) groups is 1. The fourth-order valence-corrected chi connectivity index (χ4v) is 2.41. The first-order valence-electron chi connectivity index (χ1n) is 7.72. The van der Waals surface area contributed by atoms with E-state index in [0.717, 1.165) is 0 Å². The molecule has 0 spiro atoms. The number of methoxy groups -OCH3 is 4. The van der Waals surface area contributed by atoms with Crippen LogP contribution in [0.1, 0.15) is 22.0 Å². The third kappa shape index (κ3) is 3.98. The van der Waals surface area contributed by atoms with Crippen LogP contribution in [0.15, 0.2) is 36.4 Å². The number of rotatable bonds is 7. The number of benzene rings is 2. The van der Waals surface area contributed by atoms with Crippen molar-refractivity contribution in [1.29, 1.82) is 5.26 Å². The zero-order valence-corrected chi connectivity index (χ0v) is 15.0. The maximum absolute atomic E-state index is 12.4. The molecule has 0 saturated heterocycles. The molecular weight excluding hydrogens is 336 g/mol. The summed E-state index contributed by atoms with van der Waals surface area (Å²) >= 11 is 0. The van der Waals surface area contributed by atoms with Crippen LogP contribution in [0.25, 0.3) is 0 Å². The Bertz CT molecular complexity index is 787. The predicted octanol–water partition coefficient (Wildman–Crippen LogP) is 2.72. The third-order valence-electron chi connectivity index (χ3n) is 3.78. The number of amides is 1. The van der Waals surface area contributed by atoms with Crippen LogP contribution in [0.3, 0.4) is 0 Å². The van der Waals surface area contributed by atoms with Crippen molar-refractivity contribution in [2.24, 2.45) is 0 Å². The first-order valence-corrected chi connectivity index (χ1v) is 7.72. The number of hydrogen-bond acceptors (Lipinski definition) is 6. The second-order valence-electron chi connectivity index (χ2n) is 5.22. The molecular formula is C19H20N2O5. The molecule has 7 heteroatoms. The lowest BCUT2D eigenvalue weighted by molar-refractivity contribution is 0.0945. The van der Waals surface area contributed by atoms with Crippen molar-refractivity contribution < 1.29 is 23.7 Å². The van der Waals surface area contributed by atoms with Gasteiger partial charge in [0.25, 0.3) is 5.91 Å². The van der Waals surface area contributed by atoms with E-state index in [-0.39, 0.29) is 5.91 Å². The highest BCUT2D eigenvalue weighted by Gasteiger charge is 2.20. The van der Waals surface area contributed by atoms with Gasteiger partial charge in [-0.15, -0.1) is 0 Å². The van der Waals surface area contributed by atoms with Gasteiger partial charge in [0.2, 0.25) is 5.75 Å². The summed E-state index contributed by atoms with van der Waals surface area (Å²) in [4.78, 5) is 12.4. The molecule has 1 N–H and O–H groups in total. The third-order valence-corrected chi connectivity index (χ3v) is 3.78. The van der Waals surface area contributed by atoms with Crippen LogP contribution in [0, 0.1) is 11.3 Å². The fourth-order valence-electron chi connectivity index (χ4n) is 2.41. The molecule has 0 aromatic heterocycles. The lowest BCUT2D eigenvalue weighted by atomic mass is 10.1. The average molecular weight is 356 g/mol. The Morgan fingerprint density at radius 2 is 1.54 bits per heavy atom. The van der Waals surface area contributed by atoms with Crippen molar-refractivity contribution in [3.05, 3.63) is 47.5 Å². The van der Waals surface area contributed by atoms with E-state index in [1.165, 1.54) is 21.3 Å². The molecule has 7 nitrogen and oxygen atoms in total. The van der Waals surface area contributed by atoms with Crippen molar-refractivity contribution in [2.75, 3.05) is 28.4 Å². The predicted molar refractivity (Wildman–Crippen MR) is 94.9 cm³/mol. The van der Waals surface area contributed by atoms with E-state index < -0.39 is 6.04 Å². The summed E-state index contributed by atoms with van der Waals surface area (Å²) in [6.45, 7) is 0. The summed E-state index contributed by atoms with van der Waals surface area (Å²) < 4.78 is 20.9. The topological polar surface area (TPSA) is 89.8 Å². The molecule has 0 aliphatic rings. The Kier molecular flexibility index (Phi) is 6.28. The summed E-state index contributed by atoms with van der Waals surface area (Å²) in [7, 11) is 6.01. The average Bonchev–Trinajstić information content (AvgIpc) is 2.70. The summed E-state index contributed by atoms with van der Waals surface area (Å²) in [5.74, 6) is 1.48. The highest BCUT2D eigenvalue weighted by molar-refractivity contribution is 5.94. The van der Waals surface area contributed by atoms with E-state index in [4.69, 9.17) is 18.9 Å². The Morgan fingerprint density at radius 3 is 1.96 bits per heavy atom. The molecule has 1 unspecified atom stereocenters. The minimum absolute atomic E-state index is 0.382. The first kappa shape index (κ1) is 18.9. The van der Waals surface area contributed by atoms with Gasteiger partial charge in [0.05, 0.1) is 34.5 Å². The molecule has 136 valence electrons. The highest BCUT2D eigenvalue weighted by atomic mass is 16.5.